The number of amides is 1. The Morgan fingerprint density at radius 2 is 1.70 bits per heavy atom. The molecule has 0 atom stereocenters. The molecule has 0 heterocycles. The predicted octanol–water partition coefficient (Wildman–Crippen LogP) is 3.17. The highest BCUT2D eigenvalue weighted by atomic mass is 35.5. The van der Waals surface area contributed by atoms with Gasteiger partial charge in [0.1, 0.15) is 0 Å². The smallest absolute Gasteiger partial charge is 0.227 e. The SMILES string of the molecule is CC(C)S(=O)(=O)N[C@H]1CC[C@H](C(=O)Nc2ccc(Cl)cc2)CC1. The Balaban J connectivity index is 1.84. The van der Waals surface area contributed by atoms with E-state index in [2.05, 4.69) is 10.0 Å². The predicted molar refractivity (Wildman–Crippen MR) is 93.0 cm³/mol. The van der Waals surface area contributed by atoms with Gasteiger partial charge in [0.25, 0.3) is 0 Å². The van der Waals surface area contributed by atoms with E-state index in [0.29, 0.717) is 30.7 Å². The largest absolute Gasteiger partial charge is 0.326 e. The molecule has 1 aromatic carbocycles. The van der Waals surface area contributed by atoms with E-state index < -0.39 is 15.3 Å². The molecule has 23 heavy (non-hydrogen) atoms. The average molecular weight is 359 g/mol. The molecule has 0 aromatic heterocycles. The Hall–Kier alpha value is -1.11. The Morgan fingerprint density at radius 1 is 1.13 bits per heavy atom. The molecule has 0 unspecified atom stereocenters. The van der Waals surface area contributed by atoms with E-state index in [1.54, 1.807) is 38.1 Å². The zero-order chi connectivity index (χ0) is 17.0. The molecule has 1 aromatic rings. The molecule has 0 aliphatic heterocycles. The molecule has 0 spiro atoms. The van der Waals surface area contributed by atoms with Gasteiger partial charge in [0.15, 0.2) is 0 Å². The van der Waals surface area contributed by atoms with E-state index in [-0.39, 0.29) is 17.9 Å². The van der Waals surface area contributed by atoms with Crippen LogP contribution in [-0.4, -0.2) is 25.6 Å². The molecule has 0 saturated heterocycles. The first-order valence-corrected chi connectivity index (χ1v) is 9.78. The molecule has 1 aliphatic rings. The summed E-state index contributed by atoms with van der Waals surface area (Å²) in [6, 6.07) is 6.93. The highest BCUT2D eigenvalue weighted by molar-refractivity contribution is 7.90. The number of hydrogen-bond donors (Lipinski definition) is 2. The first-order chi connectivity index (χ1) is 10.8. The van der Waals surface area contributed by atoms with Crippen molar-refractivity contribution in [1.29, 1.82) is 0 Å². The van der Waals surface area contributed by atoms with Crippen LogP contribution in [0.4, 0.5) is 5.69 Å². The van der Waals surface area contributed by atoms with E-state index in [9.17, 15) is 13.2 Å². The lowest BCUT2D eigenvalue weighted by atomic mass is 9.86. The van der Waals surface area contributed by atoms with E-state index in [1.807, 2.05) is 0 Å². The zero-order valence-electron chi connectivity index (χ0n) is 13.4. The summed E-state index contributed by atoms with van der Waals surface area (Å²) in [6.07, 6.45) is 2.74. The molecule has 128 valence electrons. The van der Waals surface area contributed by atoms with E-state index >= 15 is 0 Å². The van der Waals surface area contributed by atoms with E-state index in [1.165, 1.54) is 0 Å². The van der Waals surface area contributed by atoms with Gasteiger partial charge in [-0.1, -0.05) is 11.6 Å². The lowest BCUT2D eigenvalue weighted by Crippen LogP contribution is -2.42. The molecule has 7 heteroatoms. The van der Waals surface area contributed by atoms with Gasteiger partial charge in [-0.05, 0) is 63.8 Å². The van der Waals surface area contributed by atoms with Crippen LogP contribution in [0.5, 0.6) is 0 Å². The molecule has 5 nitrogen and oxygen atoms in total. The van der Waals surface area contributed by atoms with Crippen LogP contribution in [0.2, 0.25) is 5.02 Å². The minimum absolute atomic E-state index is 0.0162. The molecule has 1 aliphatic carbocycles. The monoisotopic (exact) mass is 358 g/mol. The normalized spacial score (nSPS) is 22.1. The number of halogens is 1. The van der Waals surface area contributed by atoms with Crippen LogP contribution < -0.4 is 10.0 Å². The maximum atomic E-state index is 12.3. The van der Waals surface area contributed by atoms with Gasteiger partial charge in [-0.3, -0.25) is 4.79 Å². The van der Waals surface area contributed by atoms with Gasteiger partial charge in [-0.15, -0.1) is 0 Å². The number of anilines is 1. The third kappa shape index (κ3) is 5.19. The summed E-state index contributed by atoms with van der Waals surface area (Å²) in [5, 5.41) is 3.07. The van der Waals surface area contributed by atoms with Crippen molar-refractivity contribution in [2.24, 2.45) is 5.92 Å². The number of rotatable bonds is 5. The molecule has 1 amide bonds. The fraction of sp³-hybridized carbons (Fsp3) is 0.562. The van der Waals surface area contributed by atoms with Crippen molar-refractivity contribution in [3.05, 3.63) is 29.3 Å². The Kier molecular flexibility index (Phi) is 6.06. The summed E-state index contributed by atoms with van der Waals surface area (Å²) in [6.45, 7) is 3.32. The Bertz CT molecular complexity index is 636. The second-order valence-electron chi connectivity index (χ2n) is 6.26. The van der Waals surface area contributed by atoms with E-state index in [4.69, 9.17) is 11.6 Å². The summed E-state index contributed by atoms with van der Waals surface area (Å²) < 4.78 is 26.5. The molecule has 2 rings (SSSR count). The van der Waals surface area contributed by atoms with Gasteiger partial charge in [0, 0.05) is 22.7 Å². The highest BCUT2D eigenvalue weighted by Gasteiger charge is 2.29. The maximum absolute atomic E-state index is 12.3. The van der Waals surface area contributed by atoms with Crippen LogP contribution in [0.15, 0.2) is 24.3 Å². The third-order valence-corrected chi connectivity index (χ3v) is 6.32. The molecular weight excluding hydrogens is 336 g/mol. The van der Waals surface area contributed by atoms with Crippen LogP contribution >= 0.6 is 11.6 Å². The number of carbonyl (C=O) groups excluding carboxylic acids is 1. The maximum Gasteiger partial charge on any atom is 0.227 e. The van der Waals surface area contributed by atoms with Gasteiger partial charge < -0.3 is 5.32 Å². The summed E-state index contributed by atoms with van der Waals surface area (Å²) in [5.74, 6) is -0.0945. The van der Waals surface area contributed by atoms with Crippen LogP contribution in [0, 0.1) is 5.92 Å². The van der Waals surface area contributed by atoms with Crippen molar-refractivity contribution in [1.82, 2.24) is 4.72 Å². The third-order valence-electron chi connectivity index (χ3n) is 4.16. The Morgan fingerprint density at radius 3 is 2.22 bits per heavy atom. The lowest BCUT2D eigenvalue weighted by molar-refractivity contribution is -0.120. The topological polar surface area (TPSA) is 75.3 Å². The summed E-state index contributed by atoms with van der Waals surface area (Å²) in [7, 11) is -3.25. The van der Waals surface area contributed by atoms with Crippen molar-refractivity contribution in [2.45, 2.75) is 50.8 Å². The zero-order valence-corrected chi connectivity index (χ0v) is 15.0. The van der Waals surface area contributed by atoms with Crippen LogP contribution in [0.25, 0.3) is 0 Å². The first-order valence-electron chi connectivity index (χ1n) is 7.85. The fourth-order valence-corrected chi connectivity index (χ4v) is 3.72. The van der Waals surface area contributed by atoms with Crippen LogP contribution in [0.1, 0.15) is 39.5 Å². The highest BCUT2D eigenvalue weighted by Crippen LogP contribution is 2.26. The van der Waals surface area contributed by atoms with Crippen LogP contribution in [-0.2, 0) is 14.8 Å². The number of nitrogens with one attached hydrogen (secondary N) is 2. The lowest BCUT2D eigenvalue weighted by Gasteiger charge is -2.28. The second kappa shape index (κ2) is 7.64. The second-order valence-corrected chi connectivity index (χ2v) is 8.96. The summed E-state index contributed by atoms with van der Waals surface area (Å²) in [4.78, 5) is 12.3. The standard InChI is InChI=1S/C16H23ClN2O3S/c1-11(2)23(21,22)19-15-7-3-12(4-8-15)16(20)18-14-9-5-13(17)6-10-14/h5-6,9-12,15,19H,3-4,7-8H2,1-2H3,(H,18,20)/t12-,15-. The molecule has 1 fully saturated rings. The van der Waals surface area contributed by atoms with Gasteiger partial charge >= 0.3 is 0 Å². The van der Waals surface area contributed by atoms with Crippen molar-refractivity contribution < 1.29 is 13.2 Å². The van der Waals surface area contributed by atoms with E-state index in [0.717, 1.165) is 5.69 Å². The van der Waals surface area contributed by atoms with Gasteiger partial charge in [-0.2, -0.15) is 0 Å². The van der Waals surface area contributed by atoms with Crippen molar-refractivity contribution in [3.63, 3.8) is 0 Å². The van der Waals surface area contributed by atoms with Crippen LogP contribution in [0.3, 0.4) is 0 Å². The van der Waals surface area contributed by atoms with Crippen molar-refractivity contribution in [3.8, 4) is 0 Å². The number of benzene rings is 1. The van der Waals surface area contributed by atoms with Crippen molar-refractivity contribution in [2.75, 3.05) is 5.32 Å². The Labute approximate surface area is 142 Å². The summed E-state index contributed by atoms with van der Waals surface area (Å²) >= 11 is 5.82. The van der Waals surface area contributed by atoms with Crippen molar-refractivity contribution >= 4 is 33.2 Å². The minimum atomic E-state index is -3.25. The summed E-state index contributed by atoms with van der Waals surface area (Å²) in [5.41, 5.74) is 0.724. The average Bonchev–Trinajstić information content (AvgIpc) is 2.49. The minimum Gasteiger partial charge on any atom is -0.326 e. The molecule has 1 saturated carbocycles. The quantitative estimate of drug-likeness (QED) is 0.848. The molecule has 0 radical (unpaired) electrons. The van der Waals surface area contributed by atoms with Gasteiger partial charge in [0.2, 0.25) is 15.9 Å². The molecular formula is C16H23ClN2O3S. The number of hydrogen-bond acceptors (Lipinski definition) is 3. The van der Waals surface area contributed by atoms with Gasteiger partial charge in [-0.25, -0.2) is 13.1 Å². The fourth-order valence-electron chi connectivity index (χ4n) is 2.62. The van der Waals surface area contributed by atoms with Gasteiger partial charge in [0.05, 0.1) is 5.25 Å². The number of carbonyl (C=O) groups is 1. The first kappa shape index (κ1) is 18.2. The molecule has 2 N–H and O–H groups in total. The number of sulfonamides is 1. The molecule has 0 bridgehead atoms.